The van der Waals surface area contributed by atoms with Gasteiger partial charge in [0.25, 0.3) is 5.92 Å². The molecule has 0 aliphatic carbocycles. The maximum atomic E-state index is 11.8. The van der Waals surface area contributed by atoms with Crippen LogP contribution in [0.15, 0.2) is 0 Å². The van der Waals surface area contributed by atoms with Crippen molar-refractivity contribution in [2.75, 3.05) is 13.1 Å². The van der Waals surface area contributed by atoms with E-state index in [0.29, 0.717) is 4.90 Å². The Morgan fingerprint density at radius 1 is 1.56 bits per heavy atom. The maximum absolute atomic E-state index is 11.8. The number of carbonyl (C=O) groups is 1. The molecular formula is C4H4F2NO2-. The Bertz CT molecular complexity index is 140. The minimum absolute atomic E-state index is 0.556. The maximum Gasteiger partial charge on any atom is 0.282 e. The fourth-order valence-electron chi connectivity index (χ4n) is 0.641. The monoisotopic (exact) mass is 136 g/mol. The molecule has 1 aliphatic rings. The molecule has 0 aromatic rings. The van der Waals surface area contributed by atoms with E-state index in [9.17, 15) is 18.7 Å². The molecule has 0 atom stereocenters. The van der Waals surface area contributed by atoms with Crippen molar-refractivity contribution in [3.8, 4) is 0 Å². The second-order valence-corrected chi connectivity index (χ2v) is 1.98. The molecule has 1 heterocycles. The van der Waals surface area contributed by atoms with Gasteiger partial charge >= 0.3 is 0 Å². The first-order valence-corrected chi connectivity index (χ1v) is 2.35. The van der Waals surface area contributed by atoms with E-state index in [0.717, 1.165) is 0 Å². The molecule has 0 bridgehead atoms. The van der Waals surface area contributed by atoms with Crippen molar-refractivity contribution in [1.29, 1.82) is 0 Å². The molecule has 1 fully saturated rings. The highest BCUT2D eigenvalue weighted by molar-refractivity contribution is 5.64. The van der Waals surface area contributed by atoms with Gasteiger partial charge in [0.1, 0.15) is 6.09 Å². The van der Waals surface area contributed by atoms with E-state index in [-0.39, 0.29) is 0 Å². The van der Waals surface area contributed by atoms with E-state index in [2.05, 4.69) is 0 Å². The first kappa shape index (κ1) is 6.25. The summed E-state index contributed by atoms with van der Waals surface area (Å²) in [6, 6.07) is 0. The lowest BCUT2D eigenvalue weighted by atomic mass is 10.2. The van der Waals surface area contributed by atoms with Crippen LogP contribution >= 0.6 is 0 Å². The predicted octanol–water partition coefficient (Wildman–Crippen LogP) is -0.719. The Labute approximate surface area is 49.9 Å². The zero-order valence-corrected chi connectivity index (χ0v) is 4.43. The van der Waals surface area contributed by atoms with Crippen LogP contribution in [-0.4, -0.2) is 30.0 Å². The molecule has 0 aromatic carbocycles. The minimum atomic E-state index is -2.82. The number of halogens is 2. The van der Waals surface area contributed by atoms with Gasteiger partial charge in [0.05, 0.1) is 13.1 Å². The van der Waals surface area contributed by atoms with Gasteiger partial charge in [-0.3, -0.25) is 0 Å². The zero-order chi connectivity index (χ0) is 7.07. The summed E-state index contributed by atoms with van der Waals surface area (Å²) in [7, 11) is 0. The third-order valence-electron chi connectivity index (χ3n) is 1.10. The highest BCUT2D eigenvalue weighted by atomic mass is 19.3. The lowest BCUT2D eigenvalue weighted by Gasteiger charge is -2.40. The van der Waals surface area contributed by atoms with Crippen molar-refractivity contribution in [2.24, 2.45) is 0 Å². The summed E-state index contributed by atoms with van der Waals surface area (Å²) in [6.45, 7) is -1.43. The fraction of sp³-hybridized carbons (Fsp3) is 0.750. The molecule has 0 N–H and O–H groups in total. The van der Waals surface area contributed by atoms with E-state index in [1.165, 1.54) is 0 Å². The van der Waals surface area contributed by atoms with Gasteiger partial charge in [0.2, 0.25) is 0 Å². The molecule has 0 radical (unpaired) electrons. The van der Waals surface area contributed by atoms with E-state index in [1.54, 1.807) is 0 Å². The summed E-state index contributed by atoms with van der Waals surface area (Å²) >= 11 is 0. The molecule has 3 nitrogen and oxygen atoms in total. The number of amides is 1. The largest absolute Gasteiger partial charge is 0.530 e. The Morgan fingerprint density at radius 3 is 2.11 bits per heavy atom. The molecule has 0 saturated carbocycles. The SMILES string of the molecule is O=C([O-])N1CC(F)(F)C1. The van der Waals surface area contributed by atoms with Crippen LogP contribution in [0.3, 0.4) is 0 Å². The van der Waals surface area contributed by atoms with Crippen molar-refractivity contribution < 1.29 is 18.7 Å². The first-order chi connectivity index (χ1) is 4.01. The molecule has 1 aliphatic heterocycles. The summed E-state index contributed by atoms with van der Waals surface area (Å²) in [6.07, 6.45) is -1.53. The number of hydrogen-bond acceptors (Lipinski definition) is 2. The Kier molecular flexibility index (Phi) is 1.08. The van der Waals surface area contributed by atoms with E-state index < -0.39 is 25.1 Å². The van der Waals surface area contributed by atoms with Gasteiger partial charge in [0, 0.05) is 0 Å². The molecule has 1 amide bonds. The Morgan fingerprint density at radius 2 is 2.00 bits per heavy atom. The normalized spacial score (nSPS) is 23.1. The van der Waals surface area contributed by atoms with Crippen LogP contribution in [-0.2, 0) is 0 Å². The molecule has 9 heavy (non-hydrogen) atoms. The van der Waals surface area contributed by atoms with Crippen molar-refractivity contribution in [3.05, 3.63) is 0 Å². The van der Waals surface area contributed by atoms with Crippen LogP contribution in [0, 0.1) is 0 Å². The second kappa shape index (κ2) is 1.55. The first-order valence-electron chi connectivity index (χ1n) is 2.35. The quantitative estimate of drug-likeness (QED) is 0.441. The molecule has 1 saturated heterocycles. The highest BCUT2D eigenvalue weighted by Crippen LogP contribution is 2.25. The van der Waals surface area contributed by atoms with Gasteiger partial charge in [-0.2, -0.15) is 0 Å². The Balaban J connectivity index is 2.35. The van der Waals surface area contributed by atoms with Gasteiger partial charge in [-0.1, -0.05) is 0 Å². The van der Waals surface area contributed by atoms with Gasteiger partial charge in [0.15, 0.2) is 0 Å². The van der Waals surface area contributed by atoms with E-state index in [1.807, 2.05) is 0 Å². The lowest BCUT2D eigenvalue weighted by molar-refractivity contribution is -0.282. The van der Waals surface area contributed by atoms with Crippen molar-refractivity contribution >= 4 is 6.09 Å². The van der Waals surface area contributed by atoms with Crippen LogP contribution in [0.1, 0.15) is 0 Å². The highest BCUT2D eigenvalue weighted by Gasteiger charge is 2.43. The Hall–Kier alpha value is -0.870. The summed E-state index contributed by atoms with van der Waals surface area (Å²) < 4.78 is 23.6. The average molecular weight is 136 g/mol. The molecule has 0 aromatic heterocycles. The van der Waals surface area contributed by atoms with Crippen LogP contribution in [0.5, 0.6) is 0 Å². The van der Waals surface area contributed by atoms with Crippen LogP contribution < -0.4 is 5.11 Å². The number of likely N-dealkylation sites (tertiary alicyclic amines) is 1. The smallest absolute Gasteiger partial charge is 0.282 e. The average Bonchev–Trinajstić information content (AvgIpc) is 1.59. The molecular weight excluding hydrogens is 132 g/mol. The number of carboxylic acid groups (broad SMARTS) is 1. The third kappa shape index (κ3) is 1.09. The molecule has 52 valence electrons. The standard InChI is InChI=1S/C4H5F2NO2/c5-4(6)1-7(2-4)3(8)9/h1-2H2,(H,8,9)/p-1. The topological polar surface area (TPSA) is 43.4 Å². The van der Waals surface area contributed by atoms with Crippen molar-refractivity contribution in [1.82, 2.24) is 4.90 Å². The van der Waals surface area contributed by atoms with Crippen LogP contribution in [0.4, 0.5) is 13.6 Å². The number of alkyl halides is 2. The second-order valence-electron chi connectivity index (χ2n) is 1.98. The summed E-state index contributed by atoms with van der Waals surface area (Å²) in [5.41, 5.74) is 0. The summed E-state index contributed by atoms with van der Waals surface area (Å²) in [5, 5.41) is 9.75. The molecule has 0 spiro atoms. The third-order valence-corrected chi connectivity index (χ3v) is 1.10. The lowest BCUT2D eigenvalue weighted by Crippen LogP contribution is -2.61. The van der Waals surface area contributed by atoms with E-state index >= 15 is 0 Å². The predicted molar refractivity (Wildman–Crippen MR) is 21.9 cm³/mol. The summed E-state index contributed by atoms with van der Waals surface area (Å²) in [5.74, 6) is -2.82. The van der Waals surface area contributed by atoms with Gasteiger partial charge in [-0.15, -0.1) is 0 Å². The molecule has 5 heteroatoms. The molecule has 1 rings (SSSR count). The van der Waals surface area contributed by atoms with Crippen LogP contribution in [0.25, 0.3) is 0 Å². The van der Waals surface area contributed by atoms with Crippen molar-refractivity contribution in [3.63, 3.8) is 0 Å². The fourth-order valence-corrected chi connectivity index (χ4v) is 0.641. The number of rotatable bonds is 0. The number of nitrogens with zero attached hydrogens (tertiary/aromatic N) is 1. The van der Waals surface area contributed by atoms with Gasteiger partial charge in [-0.25, -0.2) is 8.78 Å². The zero-order valence-electron chi connectivity index (χ0n) is 4.43. The number of hydrogen-bond donors (Lipinski definition) is 0. The van der Waals surface area contributed by atoms with Gasteiger partial charge in [-0.05, 0) is 0 Å². The van der Waals surface area contributed by atoms with E-state index in [4.69, 9.17) is 0 Å². The van der Waals surface area contributed by atoms with Crippen molar-refractivity contribution in [2.45, 2.75) is 5.92 Å². The summed E-state index contributed by atoms with van der Waals surface area (Å²) in [4.78, 5) is 10.3. The van der Waals surface area contributed by atoms with Crippen LogP contribution in [0.2, 0.25) is 0 Å². The van der Waals surface area contributed by atoms with Gasteiger partial charge < -0.3 is 14.8 Å². The minimum Gasteiger partial charge on any atom is -0.530 e. The number of carbonyl (C=O) groups excluding carboxylic acids is 1. The molecule has 0 unspecified atom stereocenters.